The van der Waals surface area contributed by atoms with E-state index >= 15 is 0 Å². The van der Waals surface area contributed by atoms with Gasteiger partial charge >= 0.3 is 0 Å². The third-order valence-electron chi connectivity index (χ3n) is 0.307. The molecule has 0 amide bonds. The van der Waals surface area contributed by atoms with Crippen molar-refractivity contribution in [3.63, 3.8) is 0 Å². The van der Waals surface area contributed by atoms with Gasteiger partial charge in [0.2, 0.25) is 0 Å². The van der Waals surface area contributed by atoms with Gasteiger partial charge in [-0.05, 0) is 6.72 Å². The lowest BCUT2D eigenvalue weighted by atomic mass is 10.7. The van der Waals surface area contributed by atoms with E-state index in [1.165, 1.54) is 0 Å². The van der Waals surface area contributed by atoms with Gasteiger partial charge in [0.15, 0.2) is 5.84 Å². The van der Waals surface area contributed by atoms with Crippen molar-refractivity contribution < 1.29 is 0 Å². The monoisotopic (exact) mass is 83.0 g/mol. The van der Waals surface area contributed by atoms with Gasteiger partial charge in [0.25, 0.3) is 0 Å². The molecule has 0 heterocycles. The fraction of sp³-hybridized carbons (Fsp3) is 0. The number of amidine groups is 1. The summed E-state index contributed by atoms with van der Waals surface area (Å²) < 4.78 is 0. The van der Waals surface area contributed by atoms with Gasteiger partial charge in [0.05, 0.1) is 6.21 Å². The molecule has 32 valence electrons. The Morgan fingerprint density at radius 2 is 2.33 bits per heavy atom. The molecule has 6 heavy (non-hydrogen) atoms. The first-order valence-electron chi connectivity index (χ1n) is 1.37. The smallest absolute Gasteiger partial charge is 0.161 e. The lowest BCUT2D eigenvalue weighted by Crippen LogP contribution is -1.86. The molecule has 0 bridgehead atoms. The lowest BCUT2D eigenvalue weighted by molar-refractivity contribution is 1.47. The molecule has 3 heteroatoms. The fourth-order valence-corrected chi connectivity index (χ4v) is 0.0456. The molecule has 0 aromatic carbocycles. The van der Waals surface area contributed by atoms with Crippen LogP contribution >= 0.6 is 0 Å². The molecule has 0 aromatic rings. The maximum absolute atomic E-state index is 6.51. The first-order valence-corrected chi connectivity index (χ1v) is 1.37. The molecule has 2 N–H and O–H groups in total. The van der Waals surface area contributed by atoms with Crippen LogP contribution in [-0.2, 0) is 0 Å². The zero-order valence-corrected chi connectivity index (χ0v) is 3.23. The molecule has 0 fully saturated rings. The van der Waals surface area contributed by atoms with E-state index in [-0.39, 0.29) is 5.84 Å². The van der Waals surface area contributed by atoms with Gasteiger partial charge in [-0.3, -0.25) is 5.41 Å². The number of aliphatic imine (C=N–C) groups is 1. The first kappa shape index (κ1) is 5.01. The van der Waals surface area contributed by atoms with Crippen molar-refractivity contribution in [3.05, 3.63) is 0 Å². The molecule has 0 atom stereocenters. The maximum atomic E-state index is 6.51. The van der Waals surface area contributed by atoms with E-state index in [9.17, 15) is 0 Å². The topological polar surface area (TPSA) is 60.1 Å². The van der Waals surface area contributed by atoms with Crippen LogP contribution < -0.4 is 0 Å². The minimum atomic E-state index is -0.102. The molecule has 0 rings (SSSR count). The molecule has 0 saturated carbocycles. The third kappa shape index (κ3) is 1.34. The number of nitrogens with one attached hydrogen (secondary N) is 2. The molecular weight excluding hydrogens is 78.1 g/mol. The summed E-state index contributed by atoms with van der Waals surface area (Å²) >= 11 is 0. The lowest BCUT2D eigenvalue weighted by Gasteiger charge is -1.72. The van der Waals surface area contributed by atoms with Crippen molar-refractivity contribution in [2.75, 3.05) is 0 Å². The summed E-state index contributed by atoms with van der Waals surface area (Å²) in [5.74, 6) is -0.102. The predicted molar refractivity (Wildman–Crippen MR) is 26.1 cm³/mol. The Morgan fingerprint density at radius 1 is 1.83 bits per heavy atom. The molecule has 0 aromatic heterocycles. The van der Waals surface area contributed by atoms with Crippen molar-refractivity contribution in [3.8, 4) is 0 Å². The van der Waals surface area contributed by atoms with Gasteiger partial charge in [-0.2, -0.15) is 0 Å². The molecule has 0 aliphatic heterocycles. The third-order valence-corrected chi connectivity index (χ3v) is 0.307. The second-order valence-electron chi connectivity index (χ2n) is 0.688. The van der Waals surface area contributed by atoms with Crippen LogP contribution in [0.3, 0.4) is 0 Å². The second-order valence-corrected chi connectivity index (χ2v) is 0.688. The Balaban J connectivity index is 3.52. The van der Waals surface area contributed by atoms with Gasteiger partial charge in [-0.1, -0.05) is 0 Å². The summed E-state index contributed by atoms with van der Waals surface area (Å²) in [6.45, 7) is 3.01. The van der Waals surface area contributed by atoms with Crippen LogP contribution in [-0.4, -0.2) is 18.8 Å². The summed E-state index contributed by atoms with van der Waals surface area (Å²) in [5, 5.41) is 12.8. The van der Waals surface area contributed by atoms with Crippen LogP contribution in [0.5, 0.6) is 0 Å². The van der Waals surface area contributed by atoms with Crippen LogP contribution in [0.15, 0.2) is 4.99 Å². The number of hydrogen-bond acceptors (Lipinski definition) is 2. The van der Waals surface area contributed by atoms with E-state index in [2.05, 4.69) is 11.7 Å². The Morgan fingerprint density at radius 3 is 2.33 bits per heavy atom. The van der Waals surface area contributed by atoms with Crippen molar-refractivity contribution in [2.45, 2.75) is 0 Å². The van der Waals surface area contributed by atoms with Crippen molar-refractivity contribution in [2.24, 2.45) is 4.99 Å². The highest BCUT2D eigenvalue weighted by Crippen LogP contribution is 1.59. The molecule has 0 saturated heterocycles. The van der Waals surface area contributed by atoms with E-state index < -0.39 is 0 Å². The zero-order chi connectivity index (χ0) is 4.99. The SMILES string of the molecule is C=NC(=N)C=N. The Kier molecular flexibility index (Phi) is 1.89. The van der Waals surface area contributed by atoms with E-state index in [1.807, 2.05) is 0 Å². The van der Waals surface area contributed by atoms with Gasteiger partial charge < -0.3 is 5.41 Å². The van der Waals surface area contributed by atoms with Crippen LogP contribution in [0.1, 0.15) is 0 Å². The fourth-order valence-electron chi connectivity index (χ4n) is 0.0456. The van der Waals surface area contributed by atoms with Crippen molar-refractivity contribution >= 4 is 18.8 Å². The molecule has 0 spiro atoms. The number of rotatable bonds is 1. The highest BCUT2D eigenvalue weighted by Gasteiger charge is 1.72. The summed E-state index contributed by atoms with van der Waals surface area (Å²) in [6.07, 6.45) is 0.826. The molecule has 3 nitrogen and oxygen atoms in total. The summed E-state index contributed by atoms with van der Waals surface area (Å²) in [6, 6.07) is 0. The zero-order valence-electron chi connectivity index (χ0n) is 3.23. The summed E-state index contributed by atoms with van der Waals surface area (Å²) in [5.41, 5.74) is 0. The Labute approximate surface area is 35.7 Å². The largest absolute Gasteiger partial charge is 0.305 e. The standard InChI is InChI=1S/C3H5N3/c1-6-3(5)2-4/h2,4-5H,1H2. The van der Waals surface area contributed by atoms with Crippen LogP contribution in [0.2, 0.25) is 0 Å². The first-order chi connectivity index (χ1) is 2.81. The maximum Gasteiger partial charge on any atom is 0.161 e. The van der Waals surface area contributed by atoms with E-state index in [0.717, 1.165) is 6.21 Å². The average molecular weight is 83.1 g/mol. The Bertz CT molecular complexity index is 74.0. The van der Waals surface area contributed by atoms with Crippen LogP contribution in [0.25, 0.3) is 0 Å². The number of hydrogen-bond donors (Lipinski definition) is 2. The average Bonchev–Trinajstić information content (AvgIpc) is 1.65. The van der Waals surface area contributed by atoms with Crippen molar-refractivity contribution in [1.29, 1.82) is 10.8 Å². The van der Waals surface area contributed by atoms with Crippen LogP contribution in [0.4, 0.5) is 0 Å². The number of nitrogens with zero attached hydrogens (tertiary/aromatic N) is 1. The van der Waals surface area contributed by atoms with E-state index in [4.69, 9.17) is 10.8 Å². The van der Waals surface area contributed by atoms with Gasteiger partial charge in [-0.15, -0.1) is 0 Å². The van der Waals surface area contributed by atoms with E-state index in [0.29, 0.717) is 0 Å². The van der Waals surface area contributed by atoms with Crippen molar-refractivity contribution in [1.82, 2.24) is 0 Å². The Hall–Kier alpha value is -0.990. The minimum absolute atomic E-state index is 0.102. The summed E-state index contributed by atoms with van der Waals surface area (Å²) in [4.78, 5) is 3.10. The quantitative estimate of drug-likeness (QED) is 0.338. The summed E-state index contributed by atoms with van der Waals surface area (Å²) in [7, 11) is 0. The predicted octanol–water partition coefficient (Wildman–Crippen LogP) is 0.314. The second kappa shape index (κ2) is 2.26. The normalized spacial score (nSPS) is 6.67. The highest BCUT2D eigenvalue weighted by molar-refractivity contribution is 6.27. The van der Waals surface area contributed by atoms with Gasteiger partial charge in [0.1, 0.15) is 0 Å². The molecule has 0 aliphatic carbocycles. The molecule has 0 radical (unpaired) electrons. The van der Waals surface area contributed by atoms with Gasteiger partial charge in [0, 0.05) is 0 Å². The van der Waals surface area contributed by atoms with E-state index in [1.54, 1.807) is 0 Å². The minimum Gasteiger partial charge on any atom is -0.305 e. The van der Waals surface area contributed by atoms with Crippen LogP contribution in [0, 0.1) is 10.8 Å². The molecule has 0 aliphatic rings. The molecular formula is C3H5N3. The highest BCUT2D eigenvalue weighted by atomic mass is 14.8. The van der Waals surface area contributed by atoms with Gasteiger partial charge in [-0.25, -0.2) is 4.99 Å². The molecule has 0 unspecified atom stereocenters.